The number of aromatic nitrogens is 3. The van der Waals surface area contributed by atoms with E-state index in [2.05, 4.69) is 15.0 Å². The van der Waals surface area contributed by atoms with Gasteiger partial charge < -0.3 is 9.88 Å². The van der Waals surface area contributed by atoms with Crippen LogP contribution in [0.25, 0.3) is 22.6 Å². The lowest BCUT2D eigenvalue weighted by Gasteiger charge is -2.16. The SMILES string of the molecule is CN(C(=O)c1cccc(-c2nc3ccccc3[nH]2)n1)c1ccccc1. The van der Waals surface area contributed by atoms with E-state index < -0.39 is 0 Å². The molecule has 0 unspecified atom stereocenters. The molecule has 5 heteroatoms. The first-order valence-electron chi connectivity index (χ1n) is 7.98. The minimum absolute atomic E-state index is 0.163. The van der Waals surface area contributed by atoms with Gasteiger partial charge in [-0.05, 0) is 36.4 Å². The molecule has 0 saturated heterocycles. The summed E-state index contributed by atoms with van der Waals surface area (Å²) in [7, 11) is 1.74. The Morgan fingerprint density at radius 3 is 2.44 bits per heavy atom. The number of rotatable bonds is 3. The van der Waals surface area contributed by atoms with Crippen LogP contribution in [0.3, 0.4) is 0 Å². The number of hydrogen-bond donors (Lipinski definition) is 1. The van der Waals surface area contributed by atoms with Crippen molar-refractivity contribution >= 4 is 22.6 Å². The van der Waals surface area contributed by atoms with Crippen LogP contribution in [-0.2, 0) is 0 Å². The van der Waals surface area contributed by atoms with Crippen LogP contribution in [0.2, 0.25) is 0 Å². The minimum Gasteiger partial charge on any atom is -0.337 e. The van der Waals surface area contributed by atoms with Crippen molar-refractivity contribution in [3.8, 4) is 11.5 Å². The maximum atomic E-state index is 12.7. The second-order valence-electron chi connectivity index (χ2n) is 5.71. The first-order chi connectivity index (χ1) is 12.2. The van der Waals surface area contributed by atoms with Gasteiger partial charge in [-0.25, -0.2) is 9.97 Å². The molecule has 0 aliphatic carbocycles. The number of amides is 1. The van der Waals surface area contributed by atoms with Crippen LogP contribution in [0.15, 0.2) is 72.8 Å². The van der Waals surface area contributed by atoms with Gasteiger partial charge in [0, 0.05) is 12.7 Å². The number of hydrogen-bond acceptors (Lipinski definition) is 3. The second kappa shape index (κ2) is 6.20. The molecule has 1 amide bonds. The molecular formula is C20H16N4O. The number of pyridine rings is 1. The summed E-state index contributed by atoms with van der Waals surface area (Å²) in [4.78, 5) is 26.6. The fourth-order valence-corrected chi connectivity index (χ4v) is 2.70. The third kappa shape index (κ3) is 2.87. The Hall–Kier alpha value is -3.47. The molecule has 0 saturated carbocycles. The molecule has 4 rings (SSSR count). The first-order valence-corrected chi connectivity index (χ1v) is 7.98. The number of nitrogens with zero attached hydrogens (tertiary/aromatic N) is 3. The van der Waals surface area contributed by atoms with Gasteiger partial charge in [0.2, 0.25) is 0 Å². The smallest absolute Gasteiger partial charge is 0.276 e. The number of anilines is 1. The summed E-state index contributed by atoms with van der Waals surface area (Å²) in [6.07, 6.45) is 0. The molecule has 122 valence electrons. The molecule has 0 bridgehead atoms. The van der Waals surface area contributed by atoms with Gasteiger partial charge in [-0.2, -0.15) is 0 Å². The third-order valence-corrected chi connectivity index (χ3v) is 4.05. The van der Waals surface area contributed by atoms with Crippen LogP contribution in [0, 0.1) is 0 Å². The highest BCUT2D eigenvalue weighted by atomic mass is 16.2. The van der Waals surface area contributed by atoms with Gasteiger partial charge in [-0.1, -0.05) is 36.4 Å². The molecule has 0 atom stereocenters. The molecule has 0 radical (unpaired) electrons. The number of carbonyl (C=O) groups excluding carboxylic acids is 1. The first kappa shape index (κ1) is 15.1. The second-order valence-corrected chi connectivity index (χ2v) is 5.71. The summed E-state index contributed by atoms with van der Waals surface area (Å²) in [6.45, 7) is 0. The quantitative estimate of drug-likeness (QED) is 0.620. The van der Waals surface area contributed by atoms with E-state index in [1.807, 2.05) is 66.7 Å². The van der Waals surface area contributed by atoms with Crippen molar-refractivity contribution in [1.82, 2.24) is 15.0 Å². The van der Waals surface area contributed by atoms with Gasteiger partial charge in [0.1, 0.15) is 11.4 Å². The summed E-state index contributed by atoms with van der Waals surface area (Å²) in [5.74, 6) is 0.488. The van der Waals surface area contributed by atoms with Crippen molar-refractivity contribution in [2.45, 2.75) is 0 Å². The number of imidazole rings is 1. The Bertz CT molecular complexity index is 1010. The van der Waals surface area contributed by atoms with E-state index >= 15 is 0 Å². The van der Waals surface area contributed by atoms with Gasteiger partial charge in [0.25, 0.3) is 5.91 Å². The molecular weight excluding hydrogens is 312 g/mol. The summed E-state index contributed by atoms with van der Waals surface area (Å²) in [5.41, 5.74) is 3.66. The van der Waals surface area contributed by atoms with Crippen molar-refractivity contribution in [3.63, 3.8) is 0 Å². The summed E-state index contributed by atoms with van der Waals surface area (Å²) < 4.78 is 0. The van der Waals surface area contributed by atoms with E-state index in [-0.39, 0.29) is 5.91 Å². The van der Waals surface area contributed by atoms with Crippen LogP contribution in [0.1, 0.15) is 10.5 Å². The maximum Gasteiger partial charge on any atom is 0.276 e. The predicted octanol–water partition coefficient (Wildman–Crippen LogP) is 3.90. The molecule has 1 N–H and O–H groups in total. The zero-order valence-electron chi connectivity index (χ0n) is 13.7. The van der Waals surface area contributed by atoms with Gasteiger partial charge in [-0.3, -0.25) is 4.79 Å². The Labute approximate surface area is 145 Å². The fraction of sp³-hybridized carbons (Fsp3) is 0.0500. The van der Waals surface area contributed by atoms with Crippen molar-refractivity contribution in [2.75, 3.05) is 11.9 Å². The van der Waals surface area contributed by atoms with Crippen LogP contribution in [0.5, 0.6) is 0 Å². The van der Waals surface area contributed by atoms with E-state index in [0.29, 0.717) is 17.2 Å². The molecule has 2 aromatic heterocycles. The highest BCUT2D eigenvalue weighted by Gasteiger charge is 2.16. The molecule has 25 heavy (non-hydrogen) atoms. The molecule has 4 aromatic rings. The summed E-state index contributed by atoms with van der Waals surface area (Å²) >= 11 is 0. The van der Waals surface area contributed by atoms with Crippen LogP contribution in [0.4, 0.5) is 5.69 Å². The molecule has 0 fully saturated rings. The molecule has 0 aliphatic heterocycles. The van der Waals surface area contributed by atoms with Crippen LogP contribution >= 0.6 is 0 Å². The Morgan fingerprint density at radius 1 is 0.880 bits per heavy atom. The highest BCUT2D eigenvalue weighted by molar-refractivity contribution is 6.04. The number of carbonyl (C=O) groups is 1. The third-order valence-electron chi connectivity index (χ3n) is 4.05. The largest absolute Gasteiger partial charge is 0.337 e. The average Bonchev–Trinajstić information content (AvgIpc) is 3.12. The van der Waals surface area contributed by atoms with Crippen molar-refractivity contribution < 1.29 is 4.79 Å². The topological polar surface area (TPSA) is 61.9 Å². The lowest BCUT2D eigenvalue weighted by atomic mass is 10.2. The summed E-state index contributed by atoms with van der Waals surface area (Å²) in [5, 5.41) is 0. The van der Waals surface area contributed by atoms with Crippen molar-refractivity contribution in [2.24, 2.45) is 0 Å². The van der Waals surface area contributed by atoms with E-state index in [0.717, 1.165) is 16.7 Å². The average molecular weight is 328 g/mol. The number of para-hydroxylation sites is 3. The van der Waals surface area contributed by atoms with E-state index in [9.17, 15) is 4.79 Å². The predicted molar refractivity (Wildman–Crippen MR) is 98.5 cm³/mol. The Balaban J connectivity index is 1.68. The number of aromatic amines is 1. The lowest BCUT2D eigenvalue weighted by molar-refractivity contribution is 0.0988. The molecule has 2 aromatic carbocycles. The maximum absolute atomic E-state index is 12.7. The number of fused-ring (bicyclic) bond motifs is 1. The monoisotopic (exact) mass is 328 g/mol. The molecule has 2 heterocycles. The number of benzene rings is 2. The number of nitrogens with one attached hydrogen (secondary N) is 1. The van der Waals surface area contributed by atoms with Crippen LogP contribution in [-0.4, -0.2) is 27.9 Å². The van der Waals surface area contributed by atoms with Gasteiger partial charge in [-0.15, -0.1) is 0 Å². The van der Waals surface area contributed by atoms with Gasteiger partial charge in [0.15, 0.2) is 5.82 Å². The van der Waals surface area contributed by atoms with Gasteiger partial charge >= 0.3 is 0 Å². The van der Waals surface area contributed by atoms with E-state index in [1.165, 1.54) is 0 Å². The normalized spacial score (nSPS) is 10.8. The van der Waals surface area contributed by atoms with Crippen LogP contribution < -0.4 is 4.90 Å². The molecule has 5 nitrogen and oxygen atoms in total. The van der Waals surface area contributed by atoms with E-state index in [1.54, 1.807) is 18.0 Å². The van der Waals surface area contributed by atoms with E-state index in [4.69, 9.17) is 0 Å². The molecule has 0 spiro atoms. The zero-order valence-corrected chi connectivity index (χ0v) is 13.7. The fourth-order valence-electron chi connectivity index (χ4n) is 2.70. The minimum atomic E-state index is -0.163. The lowest BCUT2D eigenvalue weighted by Crippen LogP contribution is -2.27. The standard InChI is InChI=1S/C20H16N4O/c1-24(14-8-3-2-4-9-14)20(25)18-13-7-12-17(21-18)19-22-15-10-5-6-11-16(15)23-19/h2-13H,1H3,(H,22,23). The van der Waals surface area contributed by atoms with Crippen molar-refractivity contribution in [1.29, 1.82) is 0 Å². The molecule has 0 aliphatic rings. The Morgan fingerprint density at radius 2 is 1.64 bits per heavy atom. The van der Waals surface area contributed by atoms with Crippen molar-refractivity contribution in [3.05, 3.63) is 78.5 Å². The number of H-pyrrole nitrogens is 1. The Kier molecular flexibility index (Phi) is 3.74. The van der Waals surface area contributed by atoms with Gasteiger partial charge in [0.05, 0.1) is 11.0 Å². The zero-order chi connectivity index (χ0) is 17.2. The summed E-state index contributed by atoms with van der Waals surface area (Å²) in [6, 6.07) is 22.7. The highest BCUT2D eigenvalue weighted by Crippen LogP contribution is 2.20.